The van der Waals surface area contributed by atoms with Crippen LogP contribution < -0.4 is 20.5 Å². The van der Waals surface area contributed by atoms with Gasteiger partial charge in [0, 0.05) is 36.9 Å². The third-order valence-corrected chi connectivity index (χ3v) is 6.69. The van der Waals surface area contributed by atoms with E-state index in [1.165, 1.54) is 25.3 Å². The Balaban J connectivity index is 1.86. The van der Waals surface area contributed by atoms with Gasteiger partial charge in [-0.2, -0.15) is 0 Å². The van der Waals surface area contributed by atoms with Crippen LogP contribution in [0.3, 0.4) is 0 Å². The van der Waals surface area contributed by atoms with E-state index in [0.29, 0.717) is 28.4 Å². The van der Waals surface area contributed by atoms with E-state index < -0.39 is 23.9 Å². The van der Waals surface area contributed by atoms with Crippen LogP contribution in [0.2, 0.25) is 0 Å². The van der Waals surface area contributed by atoms with Gasteiger partial charge in [0.15, 0.2) is 11.6 Å². The van der Waals surface area contributed by atoms with E-state index in [0.717, 1.165) is 29.9 Å². The first-order valence-electron chi connectivity index (χ1n) is 12.1. The Kier molecular flexibility index (Phi) is 7.04. The fraction of sp³-hybridized carbons (Fsp3) is 0.444. The Hall–Kier alpha value is -3.46. The van der Waals surface area contributed by atoms with Crippen molar-refractivity contribution in [3.8, 4) is 17.1 Å². The molecule has 2 aromatic carbocycles. The van der Waals surface area contributed by atoms with E-state index in [1.54, 1.807) is 12.1 Å². The maximum Gasteiger partial charge on any atom is 0.323 e. The molecule has 0 unspecified atom stereocenters. The summed E-state index contributed by atoms with van der Waals surface area (Å²) in [5.74, 6) is -1.18. The van der Waals surface area contributed by atoms with Crippen LogP contribution in [0.5, 0.6) is 5.75 Å². The van der Waals surface area contributed by atoms with Crippen molar-refractivity contribution in [2.45, 2.75) is 40.3 Å². The highest BCUT2D eigenvalue weighted by Gasteiger charge is 2.30. The summed E-state index contributed by atoms with van der Waals surface area (Å²) >= 11 is 0. The van der Waals surface area contributed by atoms with Crippen LogP contribution in [-0.2, 0) is 11.3 Å². The molecule has 0 aliphatic carbocycles. The van der Waals surface area contributed by atoms with Gasteiger partial charge in [-0.15, -0.1) is 0 Å². The van der Waals surface area contributed by atoms with Gasteiger partial charge in [0.1, 0.15) is 12.4 Å². The van der Waals surface area contributed by atoms with E-state index in [1.807, 2.05) is 6.07 Å². The molecule has 1 aliphatic rings. The van der Waals surface area contributed by atoms with Crippen LogP contribution in [0.25, 0.3) is 22.3 Å². The van der Waals surface area contributed by atoms with Gasteiger partial charge in [0.2, 0.25) is 0 Å². The van der Waals surface area contributed by atoms with E-state index in [4.69, 9.17) is 4.74 Å². The summed E-state index contributed by atoms with van der Waals surface area (Å²) in [5.41, 5.74) is 1.28. The standard InChI is InChI=1S/C27H33FN4O4/c1-16(2)22-12-31(15-27(3,4)14-29-22)18-7-9-21-19(11-18)26(35)32(13-24(33)34)25(30-21)17-6-8-20(28)23(10-17)36-5/h6-11,16,22,29H,12-15H2,1-5H3,(H,33,34)/t22-/m1/s1. The zero-order valence-electron chi connectivity index (χ0n) is 21.3. The van der Waals surface area contributed by atoms with Crippen molar-refractivity contribution in [2.75, 3.05) is 31.6 Å². The second kappa shape index (κ2) is 9.89. The number of hydrogen-bond donors (Lipinski definition) is 2. The van der Waals surface area contributed by atoms with Crippen molar-refractivity contribution in [3.63, 3.8) is 0 Å². The first-order valence-corrected chi connectivity index (χ1v) is 12.1. The van der Waals surface area contributed by atoms with Gasteiger partial charge in [-0.05, 0) is 47.7 Å². The summed E-state index contributed by atoms with van der Waals surface area (Å²) in [5, 5.41) is 13.5. The molecule has 0 radical (unpaired) electrons. The van der Waals surface area contributed by atoms with Gasteiger partial charge in [-0.1, -0.05) is 27.7 Å². The molecule has 36 heavy (non-hydrogen) atoms. The molecule has 0 spiro atoms. The summed E-state index contributed by atoms with van der Waals surface area (Å²) in [4.78, 5) is 32.2. The summed E-state index contributed by atoms with van der Waals surface area (Å²) in [6.45, 7) is 10.7. The number of halogens is 1. The first kappa shape index (κ1) is 25.6. The van der Waals surface area contributed by atoms with Crippen molar-refractivity contribution in [2.24, 2.45) is 11.3 Å². The molecule has 3 aromatic rings. The second-order valence-electron chi connectivity index (χ2n) is 10.5. The highest BCUT2D eigenvalue weighted by molar-refractivity contribution is 5.84. The number of ether oxygens (including phenoxy) is 1. The van der Waals surface area contributed by atoms with Gasteiger partial charge in [-0.25, -0.2) is 9.37 Å². The third kappa shape index (κ3) is 5.21. The highest BCUT2D eigenvalue weighted by atomic mass is 19.1. The van der Waals surface area contributed by atoms with Crippen LogP contribution in [0.15, 0.2) is 41.2 Å². The zero-order chi connectivity index (χ0) is 26.2. The molecule has 1 fully saturated rings. The Morgan fingerprint density at radius 1 is 1.28 bits per heavy atom. The van der Waals surface area contributed by atoms with Gasteiger partial charge < -0.3 is 20.1 Å². The Morgan fingerprint density at radius 2 is 2.03 bits per heavy atom. The van der Waals surface area contributed by atoms with Crippen molar-refractivity contribution in [3.05, 3.63) is 52.6 Å². The number of benzene rings is 2. The number of nitrogens with zero attached hydrogens (tertiary/aromatic N) is 3. The van der Waals surface area contributed by atoms with Crippen LogP contribution in [-0.4, -0.2) is 53.4 Å². The van der Waals surface area contributed by atoms with Gasteiger partial charge in [0.25, 0.3) is 5.56 Å². The minimum absolute atomic E-state index is 0.0174. The topological polar surface area (TPSA) is 96.7 Å². The minimum atomic E-state index is -1.18. The van der Waals surface area contributed by atoms with Gasteiger partial charge in [-0.3, -0.25) is 14.2 Å². The molecule has 9 heteroatoms. The van der Waals surface area contributed by atoms with Crippen LogP contribution >= 0.6 is 0 Å². The SMILES string of the molecule is COc1cc(-c2nc3ccc(N4C[C@H](C(C)C)NCC(C)(C)C4)cc3c(=O)n2CC(=O)O)ccc1F. The number of carbonyl (C=O) groups is 1. The molecule has 0 saturated carbocycles. The maximum absolute atomic E-state index is 14.0. The molecule has 2 heterocycles. The van der Waals surface area contributed by atoms with E-state index in [2.05, 4.69) is 42.9 Å². The predicted octanol–water partition coefficient (Wildman–Crippen LogP) is 3.76. The largest absolute Gasteiger partial charge is 0.494 e. The number of methoxy groups -OCH3 is 1. The van der Waals surface area contributed by atoms with Gasteiger partial charge in [0.05, 0.1) is 18.0 Å². The van der Waals surface area contributed by atoms with Crippen LogP contribution in [0, 0.1) is 17.2 Å². The average Bonchev–Trinajstić information content (AvgIpc) is 2.99. The molecule has 0 amide bonds. The normalized spacial score (nSPS) is 17.9. The number of aliphatic carboxylic acids is 1. The second-order valence-corrected chi connectivity index (χ2v) is 10.5. The van der Waals surface area contributed by atoms with E-state index in [9.17, 15) is 19.1 Å². The zero-order valence-corrected chi connectivity index (χ0v) is 21.3. The number of nitrogens with one attached hydrogen (secondary N) is 1. The lowest BCUT2D eigenvalue weighted by Crippen LogP contribution is -2.41. The number of fused-ring (bicyclic) bond motifs is 1. The smallest absolute Gasteiger partial charge is 0.323 e. The molecule has 0 bridgehead atoms. The van der Waals surface area contributed by atoms with Crippen LogP contribution in [0.1, 0.15) is 27.7 Å². The van der Waals surface area contributed by atoms with E-state index in [-0.39, 0.29) is 17.0 Å². The van der Waals surface area contributed by atoms with Crippen molar-refractivity contribution < 1.29 is 19.0 Å². The Morgan fingerprint density at radius 3 is 2.69 bits per heavy atom. The van der Waals surface area contributed by atoms with Crippen LogP contribution in [0.4, 0.5) is 10.1 Å². The fourth-order valence-electron chi connectivity index (χ4n) is 4.70. The number of carboxylic acid groups (broad SMARTS) is 1. The average molecular weight is 497 g/mol. The number of aromatic nitrogens is 2. The number of carboxylic acids is 1. The number of rotatable bonds is 6. The molecule has 8 nitrogen and oxygen atoms in total. The lowest BCUT2D eigenvalue weighted by atomic mass is 9.93. The monoisotopic (exact) mass is 496 g/mol. The summed E-state index contributed by atoms with van der Waals surface area (Å²) < 4.78 is 20.2. The summed E-state index contributed by atoms with van der Waals surface area (Å²) in [7, 11) is 1.34. The summed E-state index contributed by atoms with van der Waals surface area (Å²) in [6, 6.07) is 9.90. The molecular formula is C27H33FN4O4. The molecule has 1 aromatic heterocycles. The highest BCUT2D eigenvalue weighted by Crippen LogP contribution is 2.29. The number of anilines is 1. The lowest BCUT2D eigenvalue weighted by Gasteiger charge is -2.31. The Bertz CT molecular complexity index is 1350. The van der Waals surface area contributed by atoms with E-state index >= 15 is 0 Å². The maximum atomic E-state index is 14.0. The molecule has 1 aliphatic heterocycles. The predicted molar refractivity (Wildman–Crippen MR) is 138 cm³/mol. The Labute approximate surface area is 209 Å². The van der Waals surface area contributed by atoms with Crippen molar-refractivity contribution >= 4 is 22.6 Å². The summed E-state index contributed by atoms with van der Waals surface area (Å²) in [6.07, 6.45) is 0. The third-order valence-electron chi connectivity index (χ3n) is 6.69. The van der Waals surface area contributed by atoms with Gasteiger partial charge >= 0.3 is 5.97 Å². The molecule has 192 valence electrons. The number of hydrogen-bond acceptors (Lipinski definition) is 6. The minimum Gasteiger partial charge on any atom is -0.494 e. The van der Waals surface area contributed by atoms with Crippen molar-refractivity contribution in [1.29, 1.82) is 0 Å². The molecule has 4 rings (SSSR count). The fourth-order valence-corrected chi connectivity index (χ4v) is 4.70. The molecular weight excluding hydrogens is 463 g/mol. The molecule has 2 N–H and O–H groups in total. The quantitative estimate of drug-likeness (QED) is 0.536. The molecule has 1 saturated heterocycles. The van der Waals surface area contributed by atoms with Crippen molar-refractivity contribution in [1.82, 2.24) is 14.9 Å². The lowest BCUT2D eigenvalue weighted by molar-refractivity contribution is -0.137. The first-order chi connectivity index (χ1) is 17.0. The molecule has 1 atom stereocenters.